The van der Waals surface area contributed by atoms with Gasteiger partial charge < -0.3 is 20.0 Å². The molecule has 7 nitrogen and oxygen atoms in total. The zero-order chi connectivity index (χ0) is 22.2. The Hall–Kier alpha value is -1.55. The van der Waals surface area contributed by atoms with Crippen molar-refractivity contribution in [2.24, 2.45) is 4.99 Å². The van der Waals surface area contributed by atoms with Crippen LogP contribution in [0, 0.1) is 6.92 Å². The molecule has 8 heteroatoms. The smallest absolute Gasteiger partial charge is 0.236 e. The Morgan fingerprint density at radius 2 is 1.72 bits per heavy atom. The van der Waals surface area contributed by atoms with E-state index in [1.54, 1.807) is 0 Å². The topological polar surface area (TPSA) is 54.4 Å². The number of benzene rings is 1. The Labute approximate surface area is 211 Å². The van der Waals surface area contributed by atoms with Crippen LogP contribution in [0.2, 0.25) is 0 Å². The second-order valence-electron chi connectivity index (χ2n) is 8.88. The molecule has 0 radical (unpaired) electrons. The largest absolute Gasteiger partial charge is 0.378 e. The van der Waals surface area contributed by atoms with E-state index in [0.717, 1.165) is 64.6 Å². The number of carbonyl (C=O) groups excluding carboxylic acids is 1. The van der Waals surface area contributed by atoms with Crippen molar-refractivity contribution in [1.29, 1.82) is 0 Å². The number of aliphatic imine (C=N–C) groups is 1. The molecule has 32 heavy (non-hydrogen) atoms. The molecular weight excluding hydrogens is 515 g/mol. The fraction of sp³-hybridized carbons (Fsp3) is 0.667. The summed E-state index contributed by atoms with van der Waals surface area (Å²) in [5, 5.41) is 3.45. The van der Waals surface area contributed by atoms with Crippen molar-refractivity contribution in [3.05, 3.63) is 29.3 Å². The molecule has 2 saturated heterocycles. The van der Waals surface area contributed by atoms with Crippen molar-refractivity contribution in [3.8, 4) is 0 Å². The van der Waals surface area contributed by atoms with Crippen molar-refractivity contribution in [1.82, 2.24) is 20.0 Å². The maximum absolute atomic E-state index is 12.6. The van der Waals surface area contributed by atoms with Gasteiger partial charge in [-0.05, 0) is 56.4 Å². The Kier molecular flexibility index (Phi) is 11.0. The van der Waals surface area contributed by atoms with Crippen LogP contribution in [-0.4, -0.2) is 93.0 Å². The van der Waals surface area contributed by atoms with Crippen LogP contribution in [-0.2, 0) is 11.3 Å². The summed E-state index contributed by atoms with van der Waals surface area (Å²) in [6.45, 7) is 11.8. The average Bonchev–Trinajstić information content (AvgIpc) is 2.78. The number of anilines is 1. The van der Waals surface area contributed by atoms with Crippen molar-refractivity contribution >= 4 is 41.5 Å². The summed E-state index contributed by atoms with van der Waals surface area (Å²) in [6.07, 6.45) is 3.56. The number of amides is 1. The van der Waals surface area contributed by atoms with Crippen LogP contribution in [0.1, 0.15) is 37.3 Å². The van der Waals surface area contributed by atoms with Gasteiger partial charge in [0.15, 0.2) is 5.96 Å². The van der Waals surface area contributed by atoms with Gasteiger partial charge in [-0.1, -0.05) is 6.07 Å². The van der Waals surface area contributed by atoms with Crippen LogP contribution in [0.15, 0.2) is 23.2 Å². The first kappa shape index (κ1) is 26.7. The summed E-state index contributed by atoms with van der Waals surface area (Å²) in [4.78, 5) is 26.3. The molecule has 1 aromatic rings. The Morgan fingerprint density at radius 3 is 2.31 bits per heavy atom. The number of rotatable bonds is 6. The molecule has 3 rings (SSSR count). The molecule has 1 aromatic carbocycles. The predicted molar refractivity (Wildman–Crippen MR) is 144 cm³/mol. The molecule has 0 atom stereocenters. The number of piperazine rings is 1. The molecule has 2 heterocycles. The highest BCUT2D eigenvalue weighted by Crippen LogP contribution is 2.18. The first-order valence-corrected chi connectivity index (χ1v) is 11.8. The van der Waals surface area contributed by atoms with Crippen LogP contribution in [0.3, 0.4) is 0 Å². The number of nitrogens with zero attached hydrogens (tertiary/aromatic N) is 5. The van der Waals surface area contributed by atoms with Gasteiger partial charge in [0.25, 0.3) is 0 Å². The van der Waals surface area contributed by atoms with E-state index < -0.39 is 0 Å². The maximum Gasteiger partial charge on any atom is 0.236 e. The van der Waals surface area contributed by atoms with Crippen molar-refractivity contribution in [2.75, 3.05) is 71.4 Å². The first-order valence-electron chi connectivity index (χ1n) is 11.8. The number of halogens is 1. The molecule has 2 aliphatic heterocycles. The fourth-order valence-electron chi connectivity index (χ4n) is 4.27. The van der Waals surface area contributed by atoms with Gasteiger partial charge in [-0.25, -0.2) is 4.99 Å². The normalized spacial score (nSPS) is 17.7. The number of carbonyl (C=O) groups is 1. The monoisotopic (exact) mass is 556 g/mol. The van der Waals surface area contributed by atoms with Gasteiger partial charge >= 0.3 is 0 Å². The lowest BCUT2D eigenvalue weighted by atomic mass is 10.1. The number of aryl methyl sites for hydroxylation is 1. The van der Waals surface area contributed by atoms with Crippen LogP contribution < -0.4 is 10.2 Å². The highest BCUT2D eigenvalue weighted by Gasteiger charge is 2.24. The number of nitrogens with one attached hydrogen (secondary N) is 1. The fourth-order valence-corrected chi connectivity index (χ4v) is 4.27. The van der Waals surface area contributed by atoms with E-state index in [1.807, 2.05) is 4.90 Å². The van der Waals surface area contributed by atoms with Crippen LogP contribution in [0.4, 0.5) is 5.69 Å². The standard InChI is InChI=1S/C24H40N6O.HI/c1-5-25-24(26-18-21-9-10-22(27(3)4)17-20(21)2)30-15-13-28(14-16-30)19-23(31)29-11-7-6-8-12-29;/h9-10,17H,5-8,11-16,18-19H2,1-4H3,(H,25,26);1H. The van der Waals surface area contributed by atoms with Gasteiger partial charge in [0.05, 0.1) is 13.1 Å². The molecule has 1 N–H and O–H groups in total. The van der Waals surface area contributed by atoms with Crippen LogP contribution in [0.25, 0.3) is 0 Å². The minimum absolute atomic E-state index is 0. The summed E-state index contributed by atoms with van der Waals surface area (Å²) in [6, 6.07) is 6.56. The van der Waals surface area contributed by atoms with Crippen LogP contribution >= 0.6 is 24.0 Å². The Morgan fingerprint density at radius 1 is 1.03 bits per heavy atom. The van der Waals surface area contributed by atoms with E-state index in [9.17, 15) is 4.79 Å². The number of hydrogen-bond acceptors (Lipinski definition) is 4. The van der Waals surface area contributed by atoms with E-state index in [0.29, 0.717) is 19.0 Å². The molecule has 0 aromatic heterocycles. The predicted octanol–water partition coefficient (Wildman–Crippen LogP) is 2.77. The van der Waals surface area contributed by atoms with E-state index in [1.165, 1.54) is 23.2 Å². The lowest BCUT2D eigenvalue weighted by molar-refractivity contribution is -0.133. The third-order valence-corrected chi connectivity index (χ3v) is 6.32. The Bertz CT molecular complexity index is 755. The minimum Gasteiger partial charge on any atom is -0.378 e. The van der Waals surface area contributed by atoms with Gasteiger partial charge in [-0.3, -0.25) is 9.69 Å². The second-order valence-corrected chi connectivity index (χ2v) is 8.88. The number of likely N-dealkylation sites (tertiary alicyclic amines) is 1. The van der Waals surface area contributed by atoms with E-state index in [2.05, 4.69) is 66.2 Å². The summed E-state index contributed by atoms with van der Waals surface area (Å²) in [7, 11) is 4.13. The van der Waals surface area contributed by atoms with Crippen molar-refractivity contribution in [3.63, 3.8) is 0 Å². The quantitative estimate of drug-likeness (QED) is 0.332. The third-order valence-electron chi connectivity index (χ3n) is 6.32. The molecule has 180 valence electrons. The molecule has 0 bridgehead atoms. The number of guanidine groups is 1. The van der Waals surface area contributed by atoms with E-state index in [4.69, 9.17) is 4.99 Å². The molecule has 2 fully saturated rings. The molecule has 0 spiro atoms. The number of hydrogen-bond donors (Lipinski definition) is 1. The minimum atomic E-state index is 0. The highest BCUT2D eigenvalue weighted by molar-refractivity contribution is 14.0. The van der Waals surface area contributed by atoms with Gasteiger partial charge in [0.2, 0.25) is 5.91 Å². The second kappa shape index (κ2) is 13.2. The average molecular weight is 557 g/mol. The highest BCUT2D eigenvalue weighted by atomic mass is 127. The van der Waals surface area contributed by atoms with Gasteiger partial charge in [-0.2, -0.15) is 0 Å². The third kappa shape index (κ3) is 7.50. The molecule has 2 aliphatic rings. The van der Waals surface area contributed by atoms with Crippen molar-refractivity contribution < 1.29 is 4.79 Å². The lowest BCUT2D eigenvalue weighted by Gasteiger charge is -2.37. The van der Waals surface area contributed by atoms with Gasteiger partial charge in [0.1, 0.15) is 0 Å². The molecule has 1 amide bonds. The zero-order valence-electron chi connectivity index (χ0n) is 20.3. The summed E-state index contributed by atoms with van der Waals surface area (Å²) >= 11 is 0. The Balaban J connectivity index is 0.00000363. The summed E-state index contributed by atoms with van der Waals surface area (Å²) in [5.74, 6) is 1.27. The van der Waals surface area contributed by atoms with Crippen molar-refractivity contribution in [2.45, 2.75) is 39.7 Å². The molecular formula is C24H41IN6O. The summed E-state index contributed by atoms with van der Waals surface area (Å²) in [5.41, 5.74) is 3.74. The lowest BCUT2D eigenvalue weighted by Crippen LogP contribution is -2.54. The molecule has 0 unspecified atom stereocenters. The van der Waals surface area contributed by atoms with E-state index >= 15 is 0 Å². The van der Waals surface area contributed by atoms with E-state index in [-0.39, 0.29) is 24.0 Å². The van der Waals surface area contributed by atoms with Crippen LogP contribution in [0.5, 0.6) is 0 Å². The zero-order valence-corrected chi connectivity index (χ0v) is 22.6. The molecule has 0 saturated carbocycles. The van der Waals surface area contributed by atoms with Gasteiger partial charge in [0, 0.05) is 65.6 Å². The molecule has 0 aliphatic carbocycles. The summed E-state index contributed by atoms with van der Waals surface area (Å²) < 4.78 is 0. The number of piperidine rings is 1. The first-order chi connectivity index (χ1) is 15.0. The maximum atomic E-state index is 12.6. The van der Waals surface area contributed by atoms with Gasteiger partial charge in [-0.15, -0.1) is 24.0 Å². The SMILES string of the molecule is CCNC(=NCc1ccc(N(C)C)cc1C)N1CCN(CC(=O)N2CCCCC2)CC1.I.